The predicted molar refractivity (Wildman–Crippen MR) is 50.4 cm³/mol. The van der Waals surface area contributed by atoms with Crippen molar-refractivity contribution in [2.75, 3.05) is 6.61 Å². The summed E-state index contributed by atoms with van der Waals surface area (Å²) in [5, 5.41) is 0.517. The van der Waals surface area contributed by atoms with Crippen molar-refractivity contribution in [2.24, 2.45) is 0 Å². The summed E-state index contributed by atoms with van der Waals surface area (Å²) in [4.78, 5) is 0. The van der Waals surface area contributed by atoms with Crippen molar-refractivity contribution in [2.45, 2.75) is 6.92 Å². The Morgan fingerprint density at radius 1 is 1.46 bits per heavy atom. The third-order valence-electron chi connectivity index (χ3n) is 1.54. The number of hydrogen-bond acceptors (Lipinski definition) is 3. The van der Waals surface area contributed by atoms with E-state index in [1.807, 2.05) is 31.2 Å². The first-order valence-electron chi connectivity index (χ1n) is 3.97. The Morgan fingerprint density at radius 3 is 2.77 bits per heavy atom. The summed E-state index contributed by atoms with van der Waals surface area (Å²) in [6.45, 7) is 2.51. The zero-order chi connectivity index (χ0) is 9.68. The van der Waals surface area contributed by atoms with E-state index >= 15 is 0 Å². The molecule has 0 radical (unpaired) electrons. The molecule has 0 saturated heterocycles. The second kappa shape index (κ2) is 5.55. The van der Waals surface area contributed by atoms with Gasteiger partial charge in [-0.3, -0.25) is 0 Å². The Bertz CT molecular complexity index is 301. The average Bonchev–Trinajstić information content (AvgIpc) is 2.18. The van der Waals surface area contributed by atoms with E-state index in [9.17, 15) is 0 Å². The first-order valence-corrected chi connectivity index (χ1v) is 6.63. The normalized spacial score (nSPS) is 9.46. The summed E-state index contributed by atoms with van der Waals surface area (Å²) >= 11 is 5.37. The van der Waals surface area contributed by atoms with Gasteiger partial charge in [-0.25, -0.2) is 0 Å². The molecule has 0 unspecified atom stereocenters. The van der Waals surface area contributed by atoms with Crippen LogP contribution in [0, 0.1) is 0 Å². The number of benzene rings is 1. The fourth-order valence-corrected chi connectivity index (χ4v) is 2.24. The number of rotatable bonds is 3. The molecule has 1 aromatic rings. The molecule has 0 aliphatic heterocycles. The van der Waals surface area contributed by atoms with E-state index in [0.29, 0.717) is 11.7 Å². The van der Waals surface area contributed by atoms with E-state index in [1.54, 1.807) is 0 Å². The van der Waals surface area contributed by atoms with Crippen LogP contribution in [0.1, 0.15) is 12.5 Å². The molecule has 65 valence electrons. The second-order valence-corrected chi connectivity index (χ2v) is 3.85. The van der Waals surface area contributed by atoms with Crippen molar-refractivity contribution in [3.63, 3.8) is 0 Å². The molecule has 4 heteroatoms. The third kappa shape index (κ3) is 2.92. The first kappa shape index (κ1) is 10.9. The quantitative estimate of drug-likeness (QED) is 0.591. The molecule has 1 aromatic carbocycles. The molecule has 0 N–H and O–H groups in total. The van der Waals surface area contributed by atoms with Gasteiger partial charge in [0.1, 0.15) is 0 Å². The van der Waals surface area contributed by atoms with Gasteiger partial charge in [-0.05, 0) is 0 Å². The minimum absolute atomic E-state index is 0.276. The SMILES string of the molecule is CCOC(=S)c1ccccc1[O][Hg]. The van der Waals surface area contributed by atoms with Crippen LogP contribution in [0.5, 0.6) is 5.75 Å². The van der Waals surface area contributed by atoms with Crippen molar-refractivity contribution >= 4 is 17.3 Å². The molecule has 0 fully saturated rings. The molecular weight excluding hydrogens is 373 g/mol. The van der Waals surface area contributed by atoms with Gasteiger partial charge in [0.2, 0.25) is 0 Å². The van der Waals surface area contributed by atoms with Crippen LogP contribution in [0.4, 0.5) is 0 Å². The summed E-state index contributed by atoms with van der Waals surface area (Å²) in [5.41, 5.74) is 0.884. The van der Waals surface area contributed by atoms with Crippen molar-refractivity contribution in [1.29, 1.82) is 0 Å². The summed E-state index contributed by atoms with van der Waals surface area (Å²) in [6, 6.07) is 7.69. The summed E-state index contributed by atoms with van der Waals surface area (Å²) in [5.74, 6) is 0.837. The number of ether oxygens (including phenoxy) is 1. The van der Waals surface area contributed by atoms with Crippen LogP contribution in [0.2, 0.25) is 0 Å². The zero-order valence-corrected chi connectivity index (χ0v) is 13.8. The molecule has 0 aliphatic rings. The number of thiocarbonyl (C=S) groups is 1. The van der Waals surface area contributed by atoms with Gasteiger partial charge in [-0.2, -0.15) is 0 Å². The maximum atomic E-state index is 5.34. The standard InChI is InChI=1S/C9H10O2S.Hg/c1-2-11-9(12)7-5-3-4-6-8(7)10;/h3-6,10H,2H2,1H3;/q;+1/p-1. The molecule has 2 nitrogen and oxygen atoms in total. The van der Waals surface area contributed by atoms with Crippen molar-refractivity contribution in [1.82, 2.24) is 0 Å². The van der Waals surface area contributed by atoms with E-state index in [4.69, 9.17) is 19.6 Å². The van der Waals surface area contributed by atoms with Crippen LogP contribution in [0.3, 0.4) is 0 Å². The average molecular weight is 382 g/mol. The van der Waals surface area contributed by atoms with Crippen molar-refractivity contribution in [3.05, 3.63) is 29.8 Å². The molecule has 0 atom stereocenters. The van der Waals surface area contributed by atoms with Gasteiger partial charge in [0.15, 0.2) is 0 Å². The predicted octanol–water partition coefficient (Wildman–Crippen LogP) is 2.24. The van der Waals surface area contributed by atoms with E-state index in [0.717, 1.165) is 11.3 Å². The van der Waals surface area contributed by atoms with Crippen LogP contribution in [-0.2, 0) is 31.3 Å². The van der Waals surface area contributed by atoms with Crippen LogP contribution in [0.15, 0.2) is 24.3 Å². The van der Waals surface area contributed by atoms with Crippen LogP contribution in [0.25, 0.3) is 0 Å². The fraction of sp³-hybridized carbons (Fsp3) is 0.222. The minimum atomic E-state index is 0.276. The first-order chi connectivity index (χ1) is 6.29. The zero-order valence-electron chi connectivity index (χ0n) is 7.45. The molecule has 0 spiro atoms. The monoisotopic (exact) mass is 383 g/mol. The van der Waals surface area contributed by atoms with Gasteiger partial charge in [-0.1, -0.05) is 0 Å². The van der Waals surface area contributed by atoms with Crippen LogP contribution >= 0.6 is 12.2 Å². The molecule has 0 heterocycles. The van der Waals surface area contributed by atoms with Gasteiger partial charge >= 0.3 is 100 Å². The molecule has 0 aromatic heterocycles. The molecule has 0 amide bonds. The summed E-state index contributed by atoms with van der Waals surface area (Å²) in [7, 11) is 0. The topological polar surface area (TPSA) is 18.5 Å². The van der Waals surface area contributed by atoms with Crippen LogP contribution < -0.4 is 2.64 Å². The van der Waals surface area contributed by atoms with E-state index < -0.39 is 0 Å². The number of para-hydroxylation sites is 1. The third-order valence-corrected chi connectivity index (χ3v) is 3.08. The Hall–Kier alpha value is -0.155. The molecule has 0 saturated carbocycles. The van der Waals surface area contributed by atoms with Gasteiger partial charge in [0.05, 0.1) is 0 Å². The Morgan fingerprint density at radius 2 is 2.15 bits per heavy atom. The number of hydrogen-bond donors (Lipinski definition) is 0. The summed E-state index contributed by atoms with van der Waals surface area (Å²) < 4.78 is 10.6. The maximum absolute atomic E-state index is 5.34. The van der Waals surface area contributed by atoms with Crippen molar-refractivity contribution < 1.29 is 34.0 Å². The molecule has 0 bridgehead atoms. The fourth-order valence-electron chi connectivity index (χ4n) is 0.970. The Labute approximate surface area is 99.9 Å². The Balaban J connectivity index is 2.92. The molecular formula is C9H9HgO2S. The van der Waals surface area contributed by atoms with Gasteiger partial charge in [0.25, 0.3) is 0 Å². The van der Waals surface area contributed by atoms with Crippen LogP contribution in [-0.4, -0.2) is 11.7 Å². The van der Waals surface area contributed by atoms with Gasteiger partial charge < -0.3 is 0 Å². The molecule has 13 heavy (non-hydrogen) atoms. The van der Waals surface area contributed by atoms with Gasteiger partial charge in [0, 0.05) is 0 Å². The van der Waals surface area contributed by atoms with E-state index in [-0.39, 0.29) is 26.6 Å². The van der Waals surface area contributed by atoms with E-state index in [1.165, 1.54) is 0 Å². The molecule has 1 rings (SSSR count). The molecule has 0 aliphatic carbocycles. The van der Waals surface area contributed by atoms with Gasteiger partial charge in [-0.15, -0.1) is 0 Å². The van der Waals surface area contributed by atoms with Crippen molar-refractivity contribution in [3.8, 4) is 5.75 Å². The second-order valence-electron chi connectivity index (χ2n) is 2.36. The summed E-state index contributed by atoms with van der Waals surface area (Å²) in [6.07, 6.45) is 0. The van der Waals surface area contributed by atoms with E-state index in [2.05, 4.69) is 0 Å². The Kier molecular flexibility index (Phi) is 4.66.